The third-order valence-electron chi connectivity index (χ3n) is 3.41. The molecule has 1 aromatic rings. The second-order valence-corrected chi connectivity index (χ2v) is 4.99. The second-order valence-electron chi connectivity index (χ2n) is 4.99. The van der Waals surface area contributed by atoms with Crippen LogP contribution in [0.2, 0.25) is 0 Å². The molecule has 1 atom stereocenters. The summed E-state index contributed by atoms with van der Waals surface area (Å²) in [5.74, 6) is 7.51. The van der Waals surface area contributed by atoms with Crippen molar-refractivity contribution in [2.45, 2.75) is 39.7 Å². The van der Waals surface area contributed by atoms with Crippen LogP contribution in [0.25, 0.3) is 0 Å². The molecule has 94 valence electrons. The Kier molecular flexibility index (Phi) is 3.47. The number of aryl methyl sites for hydroxylation is 1. The Morgan fingerprint density at radius 1 is 1.53 bits per heavy atom. The molecule has 1 aliphatic rings. The van der Waals surface area contributed by atoms with E-state index in [-0.39, 0.29) is 0 Å². The average molecular weight is 235 g/mol. The molecule has 5 nitrogen and oxygen atoms in total. The van der Waals surface area contributed by atoms with Crippen LogP contribution < -0.4 is 16.2 Å². The van der Waals surface area contributed by atoms with Crippen molar-refractivity contribution >= 4 is 11.8 Å². The number of nitrogen functional groups attached to an aromatic ring is 1. The van der Waals surface area contributed by atoms with Gasteiger partial charge in [-0.2, -0.15) is 4.98 Å². The molecule has 0 radical (unpaired) electrons. The van der Waals surface area contributed by atoms with Gasteiger partial charge in [-0.25, -0.2) is 10.8 Å². The van der Waals surface area contributed by atoms with Crippen molar-refractivity contribution in [2.24, 2.45) is 11.8 Å². The van der Waals surface area contributed by atoms with E-state index in [9.17, 15) is 0 Å². The maximum Gasteiger partial charge on any atom is 0.239 e. The topological polar surface area (TPSA) is 67.1 Å². The van der Waals surface area contributed by atoms with Crippen LogP contribution in [0.1, 0.15) is 32.3 Å². The van der Waals surface area contributed by atoms with Gasteiger partial charge in [0.2, 0.25) is 5.95 Å². The summed E-state index contributed by atoms with van der Waals surface area (Å²) in [6.07, 6.45) is 4.30. The summed E-state index contributed by atoms with van der Waals surface area (Å²) in [6, 6.07) is 0.578. The highest BCUT2D eigenvalue weighted by molar-refractivity contribution is 5.50. The van der Waals surface area contributed by atoms with Gasteiger partial charge in [0.15, 0.2) is 0 Å². The predicted octanol–water partition coefficient (Wildman–Crippen LogP) is 1.70. The summed E-state index contributed by atoms with van der Waals surface area (Å²) in [5, 5.41) is 0. The number of nitrogens with zero attached hydrogens (tertiary/aromatic N) is 3. The Labute approximate surface area is 102 Å². The zero-order valence-corrected chi connectivity index (χ0v) is 10.8. The van der Waals surface area contributed by atoms with E-state index in [4.69, 9.17) is 5.84 Å². The molecule has 0 spiro atoms. The summed E-state index contributed by atoms with van der Waals surface area (Å²) in [6.45, 7) is 7.65. The number of hydrogen-bond acceptors (Lipinski definition) is 5. The molecule has 3 N–H and O–H groups in total. The van der Waals surface area contributed by atoms with Crippen molar-refractivity contribution in [1.29, 1.82) is 0 Å². The van der Waals surface area contributed by atoms with Gasteiger partial charge < -0.3 is 4.90 Å². The van der Waals surface area contributed by atoms with Gasteiger partial charge in [0.05, 0.1) is 0 Å². The van der Waals surface area contributed by atoms with Crippen LogP contribution in [0, 0.1) is 12.8 Å². The van der Waals surface area contributed by atoms with E-state index in [1.807, 2.05) is 13.1 Å². The van der Waals surface area contributed by atoms with Gasteiger partial charge in [0, 0.05) is 24.3 Å². The number of hydrogen-bond donors (Lipinski definition) is 2. The standard InChI is InChI=1S/C12H21N5/c1-8(2)10-5-4-6-17(10)11-9(3)7-14-12(15-11)16-13/h7-8,10H,4-6,13H2,1-3H3,(H,14,15,16). The van der Waals surface area contributed by atoms with Crippen LogP contribution in [-0.4, -0.2) is 22.6 Å². The summed E-state index contributed by atoms with van der Waals surface area (Å²) in [4.78, 5) is 11.0. The number of nitrogens with one attached hydrogen (secondary N) is 1. The summed E-state index contributed by atoms with van der Waals surface area (Å²) < 4.78 is 0. The lowest BCUT2D eigenvalue weighted by atomic mass is 10.0. The molecule has 0 amide bonds. The Hall–Kier alpha value is -1.36. The zero-order chi connectivity index (χ0) is 12.4. The van der Waals surface area contributed by atoms with E-state index >= 15 is 0 Å². The minimum absolute atomic E-state index is 0.486. The second kappa shape index (κ2) is 4.87. The molecule has 1 aliphatic heterocycles. The van der Waals surface area contributed by atoms with Crippen LogP contribution in [0.4, 0.5) is 11.8 Å². The number of anilines is 2. The van der Waals surface area contributed by atoms with Crippen molar-refractivity contribution in [3.8, 4) is 0 Å². The van der Waals surface area contributed by atoms with Crippen LogP contribution in [-0.2, 0) is 0 Å². The number of rotatable bonds is 3. The fourth-order valence-electron chi connectivity index (χ4n) is 2.54. The number of nitrogens with two attached hydrogens (primary N) is 1. The molecule has 1 fully saturated rings. The summed E-state index contributed by atoms with van der Waals surface area (Å²) in [7, 11) is 0. The fraction of sp³-hybridized carbons (Fsp3) is 0.667. The highest BCUT2D eigenvalue weighted by Crippen LogP contribution is 2.30. The van der Waals surface area contributed by atoms with Crippen molar-refractivity contribution in [1.82, 2.24) is 9.97 Å². The quantitative estimate of drug-likeness (QED) is 0.616. The van der Waals surface area contributed by atoms with Gasteiger partial charge >= 0.3 is 0 Å². The number of aromatic nitrogens is 2. The van der Waals surface area contributed by atoms with Crippen molar-refractivity contribution in [2.75, 3.05) is 16.9 Å². The summed E-state index contributed by atoms with van der Waals surface area (Å²) in [5.41, 5.74) is 3.62. The van der Waals surface area contributed by atoms with Gasteiger partial charge in [-0.3, -0.25) is 5.43 Å². The van der Waals surface area contributed by atoms with Crippen LogP contribution >= 0.6 is 0 Å². The molecular weight excluding hydrogens is 214 g/mol. The van der Waals surface area contributed by atoms with E-state index < -0.39 is 0 Å². The SMILES string of the molecule is Cc1cnc(NN)nc1N1CCCC1C(C)C. The first kappa shape index (κ1) is 12.1. The maximum atomic E-state index is 5.37. The van der Waals surface area contributed by atoms with E-state index in [1.54, 1.807) is 0 Å². The first-order chi connectivity index (χ1) is 8.13. The third kappa shape index (κ3) is 2.34. The van der Waals surface area contributed by atoms with Gasteiger partial charge in [0.1, 0.15) is 5.82 Å². The molecular formula is C12H21N5. The molecule has 1 aromatic heterocycles. The first-order valence-corrected chi connectivity index (χ1v) is 6.20. The van der Waals surface area contributed by atoms with Crippen molar-refractivity contribution in [3.63, 3.8) is 0 Å². The minimum atomic E-state index is 0.486. The van der Waals surface area contributed by atoms with Crippen LogP contribution in [0.15, 0.2) is 6.20 Å². The lowest BCUT2D eigenvalue weighted by Crippen LogP contribution is -2.34. The lowest BCUT2D eigenvalue weighted by molar-refractivity contribution is 0.489. The van der Waals surface area contributed by atoms with E-state index in [1.165, 1.54) is 12.8 Å². The summed E-state index contributed by atoms with van der Waals surface area (Å²) >= 11 is 0. The first-order valence-electron chi connectivity index (χ1n) is 6.20. The van der Waals surface area contributed by atoms with Crippen molar-refractivity contribution in [3.05, 3.63) is 11.8 Å². The van der Waals surface area contributed by atoms with Gasteiger partial charge in [0.25, 0.3) is 0 Å². The van der Waals surface area contributed by atoms with E-state index in [0.29, 0.717) is 17.9 Å². The lowest BCUT2D eigenvalue weighted by Gasteiger charge is -2.29. The third-order valence-corrected chi connectivity index (χ3v) is 3.41. The van der Waals surface area contributed by atoms with Gasteiger partial charge in [-0.05, 0) is 25.7 Å². The van der Waals surface area contributed by atoms with Crippen LogP contribution in [0.5, 0.6) is 0 Å². The highest BCUT2D eigenvalue weighted by atomic mass is 15.3. The zero-order valence-electron chi connectivity index (χ0n) is 10.8. The normalized spacial score (nSPS) is 20.1. The minimum Gasteiger partial charge on any atom is -0.353 e. The number of hydrazine groups is 1. The largest absolute Gasteiger partial charge is 0.353 e. The molecule has 1 saturated heterocycles. The highest BCUT2D eigenvalue weighted by Gasteiger charge is 2.29. The molecule has 1 unspecified atom stereocenters. The van der Waals surface area contributed by atoms with Crippen molar-refractivity contribution < 1.29 is 0 Å². The molecule has 2 heterocycles. The fourth-order valence-corrected chi connectivity index (χ4v) is 2.54. The molecule has 5 heteroatoms. The average Bonchev–Trinajstić information content (AvgIpc) is 2.78. The Bertz CT molecular complexity index is 390. The van der Waals surface area contributed by atoms with Crippen LogP contribution in [0.3, 0.4) is 0 Å². The van der Waals surface area contributed by atoms with E-state index in [0.717, 1.165) is 17.9 Å². The monoisotopic (exact) mass is 235 g/mol. The molecule has 0 aromatic carbocycles. The molecule has 17 heavy (non-hydrogen) atoms. The maximum absolute atomic E-state index is 5.37. The molecule has 2 rings (SSSR count). The van der Waals surface area contributed by atoms with E-state index in [2.05, 4.69) is 34.1 Å². The molecule has 0 aliphatic carbocycles. The molecule has 0 saturated carbocycles. The predicted molar refractivity (Wildman–Crippen MR) is 69.8 cm³/mol. The van der Waals surface area contributed by atoms with Gasteiger partial charge in [-0.1, -0.05) is 13.8 Å². The molecule has 0 bridgehead atoms. The Balaban J connectivity index is 2.32. The Morgan fingerprint density at radius 3 is 2.94 bits per heavy atom. The smallest absolute Gasteiger partial charge is 0.239 e. The van der Waals surface area contributed by atoms with Gasteiger partial charge in [-0.15, -0.1) is 0 Å². The Morgan fingerprint density at radius 2 is 2.29 bits per heavy atom.